The first-order valence-electron chi connectivity index (χ1n) is 12.2. The van der Waals surface area contributed by atoms with E-state index < -0.39 is 18.0 Å². The Kier molecular flexibility index (Phi) is 6.73. The third kappa shape index (κ3) is 4.90. The van der Waals surface area contributed by atoms with Crippen LogP contribution in [0.15, 0.2) is 30.0 Å². The van der Waals surface area contributed by atoms with Crippen LogP contribution in [-0.4, -0.2) is 37.9 Å². The Morgan fingerprint density at radius 3 is 2.63 bits per heavy atom. The van der Waals surface area contributed by atoms with Gasteiger partial charge in [0, 0.05) is 28.7 Å². The SMILES string of the molecule is Cc1scnc1[C@H](Nc1cc(Cl)c2ncc(C#N)c(NCC(C)(C)C)c2c1)c1cn(C2(C(F)F)CC2)nn1. The number of fused-ring (bicyclic) bond motifs is 1. The second kappa shape index (κ2) is 9.75. The lowest BCUT2D eigenvalue weighted by molar-refractivity contribution is 0.0593. The fraction of sp³-hybridized carbons (Fsp3) is 0.423. The summed E-state index contributed by atoms with van der Waals surface area (Å²) in [4.78, 5) is 9.91. The molecule has 3 aromatic heterocycles. The van der Waals surface area contributed by atoms with Gasteiger partial charge in [-0.25, -0.2) is 18.4 Å². The molecule has 1 fully saturated rings. The summed E-state index contributed by atoms with van der Waals surface area (Å²) in [6.45, 7) is 8.87. The maximum atomic E-state index is 13.7. The van der Waals surface area contributed by atoms with Crippen LogP contribution in [-0.2, 0) is 5.54 Å². The summed E-state index contributed by atoms with van der Waals surface area (Å²) in [5, 5.41) is 26.0. The van der Waals surface area contributed by atoms with Gasteiger partial charge >= 0.3 is 0 Å². The molecule has 0 unspecified atom stereocenters. The molecule has 8 nitrogen and oxygen atoms in total. The lowest BCUT2D eigenvalue weighted by atomic mass is 9.96. The first-order chi connectivity index (χ1) is 18.0. The Balaban J connectivity index is 1.57. The molecule has 1 aliphatic carbocycles. The van der Waals surface area contributed by atoms with Crippen LogP contribution in [0.2, 0.25) is 5.02 Å². The second-order valence-electron chi connectivity index (χ2n) is 10.8. The number of aromatic nitrogens is 5. The summed E-state index contributed by atoms with van der Waals surface area (Å²) in [6.07, 6.45) is 1.29. The Morgan fingerprint density at radius 1 is 1.26 bits per heavy atom. The summed E-state index contributed by atoms with van der Waals surface area (Å²) < 4.78 is 28.7. The van der Waals surface area contributed by atoms with Crippen molar-refractivity contribution in [2.75, 3.05) is 17.2 Å². The zero-order valence-corrected chi connectivity index (χ0v) is 23.0. The molecule has 4 aromatic rings. The molecule has 3 heterocycles. The van der Waals surface area contributed by atoms with Crippen molar-refractivity contribution in [1.29, 1.82) is 5.26 Å². The third-order valence-electron chi connectivity index (χ3n) is 6.64. The lowest BCUT2D eigenvalue weighted by Gasteiger charge is -2.22. The van der Waals surface area contributed by atoms with Gasteiger partial charge in [0.2, 0.25) is 0 Å². The minimum absolute atomic E-state index is 0.0296. The number of pyridine rings is 1. The van der Waals surface area contributed by atoms with E-state index in [9.17, 15) is 14.0 Å². The van der Waals surface area contributed by atoms with E-state index in [0.717, 1.165) is 10.6 Å². The van der Waals surface area contributed by atoms with Crippen LogP contribution in [0.5, 0.6) is 0 Å². The Hall–Kier alpha value is -3.36. The van der Waals surface area contributed by atoms with Crippen LogP contribution < -0.4 is 10.6 Å². The van der Waals surface area contributed by atoms with Crippen molar-refractivity contribution in [1.82, 2.24) is 25.0 Å². The molecule has 0 radical (unpaired) electrons. The van der Waals surface area contributed by atoms with Crippen molar-refractivity contribution >= 4 is 45.2 Å². The molecule has 38 heavy (non-hydrogen) atoms. The van der Waals surface area contributed by atoms with Gasteiger partial charge in [-0.15, -0.1) is 16.4 Å². The van der Waals surface area contributed by atoms with Gasteiger partial charge in [0.25, 0.3) is 6.43 Å². The van der Waals surface area contributed by atoms with Gasteiger partial charge in [-0.3, -0.25) is 4.98 Å². The van der Waals surface area contributed by atoms with E-state index in [4.69, 9.17) is 11.6 Å². The van der Waals surface area contributed by atoms with Crippen molar-refractivity contribution in [2.24, 2.45) is 5.41 Å². The number of nitriles is 1. The van der Waals surface area contributed by atoms with Gasteiger partial charge in [-0.2, -0.15) is 5.26 Å². The number of hydrogen-bond donors (Lipinski definition) is 2. The molecule has 1 aliphatic rings. The fourth-order valence-electron chi connectivity index (χ4n) is 4.31. The van der Waals surface area contributed by atoms with Crippen LogP contribution in [0.1, 0.15) is 61.5 Å². The summed E-state index contributed by atoms with van der Waals surface area (Å²) in [5.74, 6) is 0. The number of thiazole rings is 1. The number of anilines is 2. The minimum atomic E-state index is -2.52. The van der Waals surface area contributed by atoms with Gasteiger partial charge < -0.3 is 10.6 Å². The quantitative estimate of drug-likeness (QED) is 0.254. The summed E-state index contributed by atoms with van der Waals surface area (Å²) >= 11 is 8.15. The molecule has 2 N–H and O–H groups in total. The van der Waals surface area contributed by atoms with Crippen LogP contribution in [0.3, 0.4) is 0 Å². The Labute approximate surface area is 228 Å². The van der Waals surface area contributed by atoms with E-state index in [0.29, 0.717) is 57.9 Å². The van der Waals surface area contributed by atoms with Gasteiger partial charge in [0.05, 0.1) is 39.2 Å². The zero-order valence-electron chi connectivity index (χ0n) is 21.4. The number of aryl methyl sites for hydroxylation is 1. The van der Waals surface area contributed by atoms with Gasteiger partial charge in [0.15, 0.2) is 0 Å². The normalized spacial score (nSPS) is 15.4. The Bertz CT molecular complexity index is 1530. The number of hydrogen-bond acceptors (Lipinski definition) is 8. The average Bonchev–Trinajstić information content (AvgIpc) is 3.33. The molecular weight excluding hydrogens is 530 g/mol. The number of rotatable bonds is 8. The zero-order chi connectivity index (χ0) is 27.2. The number of nitrogens with zero attached hydrogens (tertiary/aromatic N) is 6. The minimum Gasteiger partial charge on any atom is -0.383 e. The molecule has 198 valence electrons. The predicted octanol–water partition coefficient (Wildman–Crippen LogP) is 6.53. The standard InChI is InChI=1S/C26H27ClF2N8S/c1-14-20(33-13-38-14)23(19-11-37(36-35-19)26(5-6-26)24(28)29)34-16-7-17-21(32-12-25(2,3)4)15(9-30)10-31-22(17)18(27)8-16/h7-8,10-11,13,23-24,34H,5-6,12H2,1-4H3,(H,31,32)/t23-/m1/s1. The fourth-order valence-corrected chi connectivity index (χ4v) is 5.20. The molecule has 5 rings (SSSR count). The largest absolute Gasteiger partial charge is 0.383 e. The van der Waals surface area contributed by atoms with Crippen LogP contribution in [0, 0.1) is 23.7 Å². The highest BCUT2D eigenvalue weighted by atomic mass is 35.5. The van der Waals surface area contributed by atoms with E-state index in [-0.39, 0.29) is 5.41 Å². The van der Waals surface area contributed by atoms with Crippen molar-refractivity contribution in [3.63, 3.8) is 0 Å². The monoisotopic (exact) mass is 556 g/mol. The highest BCUT2D eigenvalue weighted by molar-refractivity contribution is 7.09. The highest BCUT2D eigenvalue weighted by Crippen LogP contribution is 2.48. The predicted molar refractivity (Wildman–Crippen MR) is 145 cm³/mol. The maximum Gasteiger partial charge on any atom is 0.263 e. The molecular formula is C26H27ClF2N8S. The van der Waals surface area contributed by atoms with Crippen molar-refractivity contribution < 1.29 is 8.78 Å². The smallest absolute Gasteiger partial charge is 0.263 e. The van der Waals surface area contributed by atoms with E-state index in [1.54, 1.807) is 17.8 Å². The van der Waals surface area contributed by atoms with Crippen molar-refractivity contribution in [2.45, 2.75) is 58.5 Å². The topological polar surface area (TPSA) is 104 Å². The summed E-state index contributed by atoms with van der Waals surface area (Å²) in [6, 6.07) is 5.27. The highest BCUT2D eigenvalue weighted by Gasteiger charge is 2.54. The number of nitrogens with one attached hydrogen (secondary N) is 2. The molecule has 0 aliphatic heterocycles. The molecule has 12 heteroatoms. The molecule has 1 saturated carbocycles. The first-order valence-corrected chi connectivity index (χ1v) is 13.4. The Morgan fingerprint density at radius 2 is 2.03 bits per heavy atom. The maximum absolute atomic E-state index is 13.7. The molecule has 1 aromatic carbocycles. The molecule has 0 bridgehead atoms. The van der Waals surface area contributed by atoms with Gasteiger partial charge in [-0.05, 0) is 37.3 Å². The van der Waals surface area contributed by atoms with Gasteiger partial charge in [0.1, 0.15) is 23.3 Å². The summed E-state index contributed by atoms with van der Waals surface area (Å²) in [5.41, 5.74) is 3.87. The lowest BCUT2D eigenvalue weighted by Crippen LogP contribution is -2.26. The first kappa shape index (κ1) is 26.3. The van der Waals surface area contributed by atoms with Crippen molar-refractivity contribution in [3.05, 3.63) is 56.9 Å². The molecule has 0 spiro atoms. The number of alkyl halides is 2. The number of benzene rings is 1. The van der Waals surface area contributed by atoms with E-state index in [1.807, 2.05) is 13.0 Å². The van der Waals surface area contributed by atoms with Crippen molar-refractivity contribution in [3.8, 4) is 6.07 Å². The second-order valence-corrected chi connectivity index (χ2v) is 12.3. The summed E-state index contributed by atoms with van der Waals surface area (Å²) in [7, 11) is 0. The molecule has 0 amide bonds. The van der Waals surface area contributed by atoms with Crippen LogP contribution in [0.4, 0.5) is 20.2 Å². The van der Waals surface area contributed by atoms with Crippen LogP contribution >= 0.6 is 22.9 Å². The van der Waals surface area contributed by atoms with E-state index >= 15 is 0 Å². The molecule has 1 atom stereocenters. The van der Waals surface area contributed by atoms with Gasteiger partial charge in [-0.1, -0.05) is 37.6 Å². The van der Waals surface area contributed by atoms with E-state index in [1.165, 1.54) is 22.2 Å². The van der Waals surface area contributed by atoms with E-state index in [2.05, 4.69) is 57.8 Å². The third-order valence-corrected chi connectivity index (χ3v) is 7.70. The number of halogens is 3. The average molecular weight is 557 g/mol. The van der Waals surface area contributed by atoms with Crippen LogP contribution in [0.25, 0.3) is 10.9 Å². The molecule has 0 saturated heterocycles.